The summed E-state index contributed by atoms with van der Waals surface area (Å²) in [4.78, 5) is 29.3. The Labute approximate surface area is 129 Å². The van der Waals surface area contributed by atoms with Gasteiger partial charge in [0.2, 0.25) is 0 Å². The lowest BCUT2D eigenvalue weighted by atomic mass is 10.3. The summed E-state index contributed by atoms with van der Waals surface area (Å²) in [5, 5.41) is 8.81. The number of carbonyl (C=O) groups is 1. The predicted octanol–water partition coefficient (Wildman–Crippen LogP) is 1.49. The first kappa shape index (κ1) is 14.5. The second-order valence-electron chi connectivity index (χ2n) is 4.83. The van der Waals surface area contributed by atoms with Gasteiger partial charge in [-0.3, -0.25) is 14.2 Å². The van der Waals surface area contributed by atoms with E-state index >= 15 is 0 Å². The molecule has 0 aromatic carbocycles. The van der Waals surface area contributed by atoms with Crippen LogP contribution in [0, 0.1) is 13.8 Å². The molecule has 3 aromatic rings. The lowest BCUT2D eigenvalue weighted by molar-refractivity contribution is 0.0943. The van der Waals surface area contributed by atoms with Crippen molar-refractivity contribution in [2.75, 3.05) is 6.54 Å². The molecule has 0 aliphatic rings. The van der Waals surface area contributed by atoms with Crippen molar-refractivity contribution < 1.29 is 9.32 Å². The lowest BCUT2D eigenvalue weighted by Gasteiger charge is -2.09. The molecule has 0 aliphatic heterocycles. The van der Waals surface area contributed by atoms with Crippen LogP contribution in [0.3, 0.4) is 0 Å². The molecule has 1 amide bonds. The molecule has 0 fully saturated rings. The highest BCUT2D eigenvalue weighted by Crippen LogP contribution is 2.14. The van der Waals surface area contributed by atoms with E-state index in [1.54, 1.807) is 30.5 Å². The second-order valence-corrected chi connectivity index (χ2v) is 5.73. The van der Waals surface area contributed by atoms with E-state index in [1.165, 1.54) is 11.3 Å². The number of carbonyl (C=O) groups excluding carboxylic acids is 1. The SMILES string of the molecule is Cc1cc(C(=O)NCCn2c(C)nc3sccc3c2=O)no1. The molecule has 114 valence electrons. The van der Waals surface area contributed by atoms with E-state index in [-0.39, 0.29) is 17.2 Å². The third-order valence-electron chi connectivity index (χ3n) is 3.26. The van der Waals surface area contributed by atoms with Gasteiger partial charge < -0.3 is 9.84 Å². The molecular weight excluding hydrogens is 304 g/mol. The van der Waals surface area contributed by atoms with E-state index in [1.807, 2.05) is 5.38 Å². The summed E-state index contributed by atoms with van der Waals surface area (Å²) in [7, 11) is 0. The van der Waals surface area contributed by atoms with Gasteiger partial charge in [-0.25, -0.2) is 4.98 Å². The van der Waals surface area contributed by atoms with Crippen molar-refractivity contribution in [2.24, 2.45) is 0 Å². The van der Waals surface area contributed by atoms with Crippen LogP contribution in [0.25, 0.3) is 10.2 Å². The van der Waals surface area contributed by atoms with Crippen molar-refractivity contribution in [2.45, 2.75) is 20.4 Å². The Kier molecular flexibility index (Phi) is 3.76. The van der Waals surface area contributed by atoms with Gasteiger partial charge in [0, 0.05) is 19.2 Å². The fraction of sp³-hybridized carbons (Fsp3) is 0.286. The topological polar surface area (TPSA) is 90.0 Å². The summed E-state index contributed by atoms with van der Waals surface area (Å²) in [5.74, 6) is 0.878. The van der Waals surface area contributed by atoms with Crippen LogP contribution < -0.4 is 10.9 Å². The minimum atomic E-state index is -0.327. The van der Waals surface area contributed by atoms with Gasteiger partial charge >= 0.3 is 0 Å². The highest BCUT2D eigenvalue weighted by molar-refractivity contribution is 7.16. The smallest absolute Gasteiger partial charge is 0.273 e. The first-order chi connectivity index (χ1) is 10.6. The van der Waals surface area contributed by atoms with Crippen LogP contribution in [0.4, 0.5) is 0 Å². The van der Waals surface area contributed by atoms with Crippen molar-refractivity contribution in [3.8, 4) is 0 Å². The number of rotatable bonds is 4. The van der Waals surface area contributed by atoms with E-state index in [2.05, 4.69) is 15.5 Å². The van der Waals surface area contributed by atoms with Crippen LogP contribution in [0.1, 0.15) is 22.1 Å². The molecule has 0 unspecified atom stereocenters. The second kappa shape index (κ2) is 5.72. The third-order valence-corrected chi connectivity index (χ3v) is 4.06. The minimum absolute atomic E-state index is 0.0877. The number of amides is 1. The molecular formula is C14H14N4O3S. The zero-order valence-corrected chi connectivity index (χ0v) is 12.9. The third kappa shape index (κ3) is 2.64. The minimum Gasteiger partial charge on any atom is -0.361 e. The van der Waals surface area contributed by atoms with E-state index in [9.17, 15) is 9.59 Å². The lowest BCUT2D eigenvalue weighted by Crippen LogP contribution is -2.32. The molecule has 3 heterocycles. The zero-order valence-electron chi connectivity index (χ0n) is 12.1. The largest absolute Gasteiger partial charge is 0.361 e. The molecule has 0 saturated carbocycles. The monoisotopic (exact) mass is 318 g/mol. The van der Waals surface area contributed by atoms with Gasteiger partial charge in [0.05, 0.1) is 5.39 Å². The van der Waals surface area contributed by atoms with Crippen molar-refractivity contribution in [1.82, 2.24) is 20.0 Å². The van der Waals surface area contributed by atoms with Crippen LogP contribution in [-0.2, 0) is 6.54 Å². The Balaban J connectivity index is 1.71. The normalized spacial score (nSPS) is 11.0. The van der Waals surface area contributed by atoms with Gasteiger partial charge in [-0.05, 0) is 25.3 Å². The molecule has 7 nitrogen and oxygen atoms in total. The first-order valence-corrected chi connectivity index (χ1v) is 7.60. The Morgan fingerprint density at radius 2 is 2.27 bits per heavy atom. The van der Waals surface area contributed by atoms with E-state index < -0.39 is 0 Å². The Morgan fingerprint density at radius 3 is 3.00 bits per heavy atom. The number of fused-ring (bicyclic) bond motifs is 1. The van der Waals surface area contributed by atoms with Crippen LogP contribution >= 0.6 is 11.3 Å². The average molecular weight is 318 g/mol. The average Bonchev–Trinajstić information content (AvgIpc) is 3.11. The summed E-state index contributed by atoms with van der Waals surface area (Å²) in [5.41, 5.74) is 0.142. The van der Waals surface area contributed by atoms with Gasteiger partial charge in [-0.1, -0.05) is 5.16 Å². The van der Waals surface area contributed by atoms with Crippen molar-refractivity contribution >= 4 is 27.5 Å². The maximum atomic E-state index is 12.3. The first-order valence-electron chi connectivity index (χ1n) is 6.72. The molecule has 22 heavy (non-hydrogen) atoms. The fourth-order valence-electron chi connectivity index (χ4n) is 2.16. The Bertz CT molecular complexity index is 893. The van der Waals surface area contributed by atoms with Crippen molar-refractivity contribution in [1.29, 1.82) is 0 Å². The van der Waals surface area contributed by atoms with Gasteiger partial charge in [-0.2, -0.15) is 0 Å². The molecule has 0 saturated heterocycles. The molecule has 8 heteroatoms. The van der Waals surface area contributed by atoms with Crippen molar-refractivity contribution in [3.63, 3.8) is 0 Å². The number of hydrogen-bond acceptors (Lipinski definition) is 6. The van der Waals surface area contributed by atoms with Gasteiger partial charge in [0.15, 0.2) is 5.69 Å². The maximum Gasteiger partial charge on any atom is 0.273 e. The number of nitrogens with one attached hydrogen (secondary N) is 1. The number of thiophene rings is 1. The summed E-state index contributed by atoms with van der Waals surface area (Å²) in [6.45, 7) is 4.16. The molecule has 0 atom stereocenters. The summed E-state index contributed by atoms with van der Waals surface area (Å²) < 4.78 is 6.41. The zero-order chi connectivity index (χ0) is 15.7. The van der Waals surface area contributed by atoms with Crippen molar-refractivity contribution in [3.05, 3.63) is 45.1 Å². The van der Waals surface area contributed by atoms with Crippen LogP contribution in [-0.4, -0.2) is 27.2 Å². The number of aromatic nitrogens is 3. The van der Waals surface area contributed by atoms with E-state index in [0.717, 1.165) is 4.83 Å². The molecule has 3 rings (SSSR count). The van der Waals surface area contributed by atoms with E-state index in [4.69, 9.17) is 4.52 Å². The van der Waals surface area contributed by atoms with Gasteiger partial charge in [-0.15, -0.1) is 11.3 Å². The molecule has 3 aromatic heterocycles. The molecule has 1 N–H and O–H groups in total. The summed E-state index contributed by atoms with van der Waals surface area (Å²) >= 11 is 1.44. The number of hydrogen-bond donors (Lipinski definition) is 1. The summed E-state index contributed by atoms with van der Waals surface area (Å²) in [6, 6.07) is 3.33. The van der Waals surface area contributed by atoms with E-state index in [0.29, 0.717) is 30.1 Å². The van der Waals surface area contributed by atoms with Crippen LogP contribution in [0.2, 0.25) is 0 Å². The fourth-order valence-corrected chi connectivity index (χ4v) is 2.96. The quantitative estimate of drug-likeness (QED) is 0.787. The van der Waals surface area contributed by atoms with Crippen LogP contribution in [0.15, 0.2) is 26.8 Å². The molecule has 0 bridgehead atoms. The Morgan fingerprint density at radius 1 is 1.45 bits per heavy atom. The van der Waals surface area contributed by atoms with Crippen LogP contribution in [0.5, 0.6) is 0 Å². The predicted molar refractivity (Wildman–Crippen MR) is 82.2 cm³/mol. The standard InChI is InChI=1S/C14H14N4O3S/c1-8-7-11(17-21-8)12(19)15-4-5-18-9(2)16-13-10(14(18)20)3-6-22-13/h3,6-7H,4-5H2,1-2H3,(H,15,19). The highest BCUT2D eigenvalue weighted by atomic mass is 32.1. The molecule has 0 aliphatic carbocycles. The number of nitrogens with zero attached hydrogens (tertiary/aromatic N) is 3. The Hall–Kier alpha value is -2.48. The molecule has 0 spiro atoms. The summed E-state index contributed by atoms with van der Waals surface area (Å²) in [6.07, 6.45) is 0. The van der Waals surface area contributed by atoms with Gasteiger partial charge in [0.1, 0.15) is 16.4 Å². The van der Waals surface area contributed by atoms with Gasteiger partial charge in [0.25, 0.3) is 11.5 Å². The maximum absolute atomic E-state index is 12.3. The highest BCUT2D eigenvalue weighted by Gasteiger charge is 2.12. The number of aryl methyl sites for hydroxylation is 2. The molecule has 0 radical (unpaired) electrons.